The molecule has 0 fully saturated rings. The van der Waals surface area contributed by atoms with E-state index in [2.05, 4.69) is 10.1 Å². The largest absolute Gasteiger partial charge is 0.356 e. The maximum atomic E-state index is 6.48. The normalized spacial score (nSPS) is 12.4. The molecule has 24 heavy (non-hydrogen) atoms. The zero-order valence-electron chi connectivity index (χ0n) is 13.1. The summed E-state index contributed by atoms with van der Waals surface area (Å²) in [7, 11) is 0. The SMILES string of the molecule is N[C@@H](Cc1ccccn1)c1ccccc1-c1noc2ccccc12. The smallest absolute Gasteiger partial charge is 0.167 e. The average molecular weight is 315 g/mol. The van der Waals surface area contributed by atoms with Gasteiger partial charge in [0, 0.05) is 35.3 Å². The molecule has 2 heterocycles. The highest BCUT2D eigenvalue weighted by molar-refractivity contribution is 5.92. The first kappa shape index (κ1) is 14.6. The third-order valence-corrected chi connectivity index (χ3v) is 4.15. The minimum Gasteiger partial charge on any atom is -0.356 e. The zero-order valence-corrected chi connectivity index (χ0v) is 13.1. The van der Waals surface area contributed by atoms with Crippen LogP contribution in [0, 0.1) is 0 Å². The summed E-state index contributed by atoms with van der Waals surface area (Å²) in [6.45, 7) is 0. The molecule has 0 spiro atoms. The Labute approximate surface area is 139 Å². The first-order valence-corrected chi connectivity index (χ1v) is 7.92. The highest BCUT2D eigenvalue weighted by Crippen LogP contribution is 2.33. The number of nitrogens with zero attached hydrogens (tertiary/aromatic N) is 2. The van der Waals surface area contributed by atoms with Crippen LogP contribution in [0.1, 0.15) is 17.3 Å². The Morgan fingerprint density at radius 2 is 1.71 bits per heavy atom. The lowest BCUT2D eigenvalue weighted by atomic mass is 9.94. The van der Waals surface area contributed by atoms with Crippen molar-refractivity contribution in [1.29, 1.82) is 0 Å². The summed E-state index contributed by atoms with van der Waals surface area (Å²) in [5, 5.41) is 5.26. The van der Waals surface area contributed by atoms with Gasteiger partial charge >= 0.3 is 0 Å². The monoisotopic (exact) mass is 315 g/mol. The Bertz CT molecular complexity index is 963. The molecule has 4 nitrogen and oxygen atoms in total. The second kappa shape index (κ2) is 6.26. The van der Waals surface area contributed by atoms with Crippen LogP contribution in [0.3, 0.4) is 0 Å². The van der Waals surface area contributed by atoms with E-state index in [0.29, 0.717) is 6.42 Å². The van der Waals surface area contributed by atoms with E-state index in [1.54, 1.807) is 6.20 Å². The van der Waals surface area contributed by atoms with Crippen molar-refractivity contribution < 1.29 is 4.52 Å². The number of nitrogens with two attached hydrogens (primary N) is 1. The summed E-state index contributed by atoms with van der Waals surface area (Å²) in [5.41, 5.74) is 11.1. The molecule has 0 unspecified atom stereocenters. The fraction of sp³-hybridized carbons (Fsp3) is 0.100. The molecule has 4 heteroatoms. The van der Waals surface area contributed by atoms with Crippen LogP contribution in [0.15, 0.2) is 77.4 Å². The molecule has 2 aromatic carbocycles. The van der Waals surface area contributed by atoms with Crippen LogP contribution in [0.25, 0.3) is 22.2 Å². The molecule has 4 rings (SSSR count). The third-order valence-electron chi connectivity index (χ3n) is 4.15. The van der Waals surface area contributed by atoms with Gasteiger partial charge in [0.25, 0.3) is 0 Å². The number of fused-ring (bicyclic) bond motifs is 1. The summed E-state index contributed by atoms with van der Waals surface area (Å²) in [4.78, 5) is 4.37. The van der Waals surface area contributed by atoms with Crippen LogP contribution in [0.2, 0.25) is 0 Å². The Morgan fingerprint density at radius 3 is 2.58 bits per heavy atom. The number of aromatic nitrogens is 2. The molecule has 0 amide bonds. The molecule has 0 radical (unpaired) electrons. The summed E-state index contributed by atoms with van der Waals surface area (Å²) >= 11 is 0. The van der Waals surface area contributed by atoms with Crippen LogP contribution in [0.5, 0.6) is 0 Å². The average Bonchev–Trinajstić information content (AvgIpc) is 3.06. The van der Waals surface area contributed by atoms with Gasteiger partial charge in [-0.1, -0.05) is 47.6 Å². The van der Waals surface area contributed by atoms with Crippen molar-refractivity contribution in [3.8, 4) is 11.3 Å². The summed E-state index contributed by atoms with van der Waals surface area (Å²) in [6, 6.07) is 21.7. The molecule has 0 aliphatic heterocycles. The molecule has 118 valence electrons. The van der Waals surface area contributed by atoms with Gasteiger partial charge in [-0.3, -0.25) is 4.98 Å². The van der Waals surface area contributed by atoms with Crippen LogP contribution in [0.4, 0.5) is 0 Å². The summed E-state index contributed by atoms with van der Waals surface area (Å²) in [5.74, 6) is 0. The molecule has 0 aliphatic carbocycles. The minimum atomic E-state index is -0.161. The second-order valence-electron chi connectivity index (χ2n) is 5.75. The van der Waals surface area contributed by atoms with Gasteiger partial charge in [-0.05, 0) is 29.8 Å². The quantitative estimate of drug-likeness (QED) is 0.615. The van der Waals surface area contributed by atoms with Crippen molar-refractivity contribution in [2.75, 3.05) is 0 Å². The van der Waals surface area contributed by atoms with Gasteiger partial charge < -0.3 is 10.3 Å². The van der Waals surface area contributed by atoms with Crippen LogP contribution in [-0.4, -0.2) is 10.1 Å². The molecule has 0 saturated carbocycles. The van der Waals surface area contributed by atoms with Gasteiger partial charge in [0.1, 0.15) is 5.69 Å². The van der Waals surface area contributed by atoms with E-state index in [0.717, 1.165) is 33.5 Å². The van der Waals surface area contributed by atoms with E-state index in [1.165, 1.54) is 0 Å². The molecule has 1 atom stereocenters. The van der Waals surface area contributed by atoms with Crippen molar-refractivity contribution in [3.63, 3.8) is 0 Å². The standard InChI is InChI=1S/C20H17N3O/c21-18(13-14-7-5-6-12-22-14)15-8-1-2-9-16(15)20-17-10-3-4-11-19(17)24-23-20/h1-12,18H,13,21H2/t18-/m0/s1. The maximum absolute atomic E-state index is 6.48. The topological polar surface area (TPSA) is 64.9 Å². The molecular weight excluding hydrogens is 298 g/mol. The molecule has 2 N–H and O–H groups in total. The van der Waals surface area contributed by atoms with Crippen molar-refractivity contribution >= 4 is 11.0 Å². The summed E-state index contributed by atoms with van der Waals surface area (Å²) in [6.07, 6.45) is 2.47. The lowest BCUT2D eigenvalue weighted by Gasteiger charge is -2.15. The first-order chi connectivity index (χ1) is 11.8. The van der Waals surface area contributed by atoms with E-state index >= 15 is 0 Å². The van der Waals surface area contributed by atoms with Gasteiger partial charge in [-0.15, -0.1) is 0 Å². The van der Waals surface area contributed by atoms with Gasteiger partial charge in [0.05, 0.1) is 0 Å². The first-order valence-electron chi connectivity index (χ1n) is 7.92. The van der Waals surface area contributed by atoms with E-state index in [-0.39, 0.29) is 6.04 Å². The number of rotatable bonds is 4. The molecular formula is C20H17N3O. The number of hydrogen-bond acceptors (Lipinski definition) is 4. The highest BCUT2D eigenvalue weighted by Gasteiger charge is 2.17. The lowest BCUT2D eigenvalue weighted by Crippen LogP contribution is -2.15. The Kier molecular flexibility index (Phi) is 3.81. The van der Waals surface area contributed by atoms with E-state index in [4.69, 9.17) is 10.3 Å². The predicted octanol–water partition coefficient (Wildman–Crippen LogP) is 4.13. The Balaban J connectivity index is 1.75. The molecule has 0 aliphatic rings. The Hall–Kier alpha value is -2.98. The fourth-order valence-electron chi connectivity index (χ4n) is 2.97. The van der Waals surface area contributed by atoms with Gasteiger partial charge in [-0.25, -0.2) is 0 Å². The molecule has 4 aromatic rings. The second-order valence-corrected chi connectivity index (χ2v) is 5.75. The van der Waals surface area contributed by atoms with E-state index in [9.17, 15) is 0 Å². The molecule has 0 bridgehead atoms. The number of pyridine rings is 1. The predicted molar refractivity (Wildman–Crippen MR) is 94.3 cm³/mol. The lowest BCUT2D eigenvalue weighted by molar-refractivity contribution is 0.459. The van der Waals surface area contributed by atoms with Gasteiger partial charge in [0.15, 0.2) is 5.58 Å². The highest BCUT2D eigenvalue weighted by atomic mass is 16.5. The molecule has 2 aromatic heterocycles. The van der Waals surface area contributed by atoms with E-state index < -0.39 is 0 Å². The third kappa shape index (κ3) is 2.68. The maximum Gasteiger partial charge on any atom is 0.167 e. The number of para-hydroxylation sites is 1. The number of benzene rings is 2. The van der Waals surface area contributed by atoms with Crippen LogP contribution in [-0.2, 0) is 6.42 Å². The van der Waals surface area contributed by atoms with Gasteiger partial charge in [-0.2, -0.15) is 0 Å². The fourth-order valence-corrected chi connectivity index (χ4v) is 2.97. The van der Waals surface area contributed by atoms with Crippen molar-refractivity contribution in [3.05, 3.63) is 84.2 Å². The van der Waals surface area contributed by atoms with Crippen LogP contribution < -0.4 is 5.73 Å². The summed E-state index contributed by atoms with van der Waals surface area (Å²) < 4.78 is 5.45. The zero-order chi connectivity index (χ0) is 16.4. The number of hydrogen-bond donors (Lipinski definition) is 1. The van der Waals surface area contributed by atoms with Gasteiger partial charge in [0.2, 0.25) is 0 Å². The van der Waals surface area contributed by atoms with Crippen molar-refractivity contribution in [1.82, 2.24) is 10.1 Å². The Morgan fingerprint density at radius 1 is 0.917 bits per heavy atom. The molecule has 0 saturated heterocycles. The van der Waals surface area contributed by atoms with Crippen molar-refractivity contribution in [2.45, 2.75) is 12.5 Å². The minimum absolute atomic E-state index is 0.161. The van der Waals surface area contributed by atoms with E-state index in [1.807, 2.05) is 66.7 Å². The van der Waals surface area contributed by atoms with Crippen molar-refractivity contribution in [2.24, 2.45) is 5.73 Å². The van der Waals surface area contributed by atoms with Crippen LogP contribution >= 0.6 is 0 Å².